The first-order chi connectivity index (χ1) is 10.2. The van der Waals surface area contributed by atoms with Crippen LogP contribution in [0.15, 0.2) is 36.5 Å². The smallest absolute Gasteiger partial charge is 0.185 e. The van der Waals surface area contributed by atoms with Gasteiger partial charge in [0.2, 0.25) is 0 Å². The van der Waals surface area contributed by atoms with E-state index in [1.165, 1.54) is 0 Å². The first kappa shape index (κ1) is 15.1. The lowest BCUT2D eigenvalue weighted by atomic mass is 10.1. The Labute approximate surface area is 124 Å². The molecule has 112 valence electrons. The fourth-order valence-electron chi connectivity index (χ4n) is 2.09. The number of ether oxygens (including phenoxy) is 3. The van der Waals surface area contributed by atoms with Gasteiger partial charge in [0.25, 0.3) is 0 Å². The molecule has 1 aromatic carbocycles. The van der Waals surface area contributed by atoms with Gasteiger partial charge in [0.05, 0.1) is 14.2 Å². The summed E-state index contributed by atoms with van der Waals surface area (Å²) in [5.41, 5.74) is 7.58. The third-order valence-corrected chi connectivity index (χ3v) is 3.14. The van der Waals surface area contributed by atoms with E-state index in [9.17, 15) is 0 Å². The highest BCUT2D eigenvalue weighted by atomic mass is 16.5. The van der Waals surface area contributed by atoms with Gasteiger partial charge in [-0.05, 0) is 13.0 Å². The van der Waals surface area contributed by atoms with E-state index in [0.717, 1.165) is 11.3 Å². The number of aromatic nitrogens is 1. The van der Waals surface area contributed by atoms with Gasteiger partial charge in [-0.1, -0.05) is 18.2 Å². The Morgan fingerprint density at radius 2 is 1.86 bits per heavy atom. The van der Waals surface area contributed by atoms with Crippen molar-refractivity contribution >= 4 is 0 Å². The quantitative estimate of drug-likeness (QED) is 0.885. The predicted octanol–water partition coefficient (Wildman–Crippen LogP) is 2.70. The second-order valence-corrected chi connectivity index (χ2v) is 4.61. The SMILES string of the molecule is COc1ccnc(COc2ccccc2C(C)N)c1OC. The van der Waals surface area contributed by atoms with Crippen molar-refractivity contribution in [2.45, 2.75) is 19.6 Å². The van der Waals surface area contributed by atoms with Crippen molar-refractivity contribution < 1.29 is 14.2 Å². The summed E-state index contributed by atoms with van der Waals surface area (Å²) in [7, 11) is 3.17. The van der Waals surface area contributed by atoms with E-state index < -0.39 is 0 Å². The van der Waals surface area contributed by atoms with Crippen molar-refractivity contribution in [3.8, 4) is 17.2 Å². The fraction of sp³-hybridized carbons (Fsp3) is 0.312. The Hall–Kier alpha value is -2.27. The molecule has 2 N–H and O–H groups in total. The van der Waals surface area contributed by atoms with Crippen LogP contribution in [0.3, 0.4) is 0 Å². The molecule has 0 radical (unpaired) electrons. The second-order valence-electron chi connectivity index (χ2n) is 4.61. The minimum absolute atomic E-state index is 0.0960. The number of methoxy groups -OCH3 is 2. The summed E-state index contributed by atoms with van der Waals surface area (Å²) in [5, 5.41) is 0. The first-order valence-corrected chi connectivity index (χ1v) is 6.70. The molecule has 1 unspecified atom stereocenters. The van der Waals surface area contributed by atoms with Crippen LogP contribution in [0.2, 0.25) is 0 Å². The van der Waals surface area contributed by atoms with Crippen LogP contribution in [-0.2, 0) is 6.61 Å². The van der Waals surface area contributed by atoms with Gasteiger partial charge in [-0.15, -0.1) is 0 Å². The van der Waals surface area contributed by atoms with Crippen LogP contribution in [0.25, 0.3) is 0 Å². The molecule has 1 aromatic heterocycles. The maximum Gasteiger partial charge on any atom is 0.185 e. The Kier molecular flexibility index (Phi) is 5.00. The molecule has 0 aliphatic heterocycles. The molecule has 0 spiro atoms. The Morgan fingerprint density at radius 3 is 2.52 bits per heavy atom. The number of nitrogens with two attached hydrogens (primary N) is 1. The van der Waals surface area contributed by atoms with Gasteiger partial charge in [0.1, 0.15) is 18.1 Å². The molecule has 5 nitrogen and oxygen atoms in total. The van der Waals surface area contributed by atoms with Gasteiger partial charge in [-0.2, -0.15) is 0 Å². The molecule has 2 aromatic rings. The summed E-state index contributed by atoms with van der Waals surface area (Å²) in [5.74, 6) is 1.96. The van der Waals surface area contributed by atoms with E-state index in [4.69, 9.17) is 19.9 Å². The zero-order chi connectivity index (χ0) is 15.2. The number of hydrogen-bond donors (Lipinski definition) is 1. The fourth-order valence-corrected chi connectivity index (χ4v) is 2.09. The summed E-state index contributed by atoms with van der Waals surface area (Å²) in [6, 6.07) is 9.36. The zero-order valence-corrected chi connectivity index (χ0v) is 12.5. The number of benzene rings is 1. The predicted molar refractivity (Wildman–Crippen MR) is 80.7 cm³/mol. The van der Waals surface area contributed by atoms with Gasteiger partial charge in [-0.3, -0.25) is 4.98 Å². The monoisotopic (exact) mass is 288 g/mol. The van der Waals surface area contributed by atoms with E-state index in [2.05, 4.69) is 4.98 Å². The van der Waals surface area contributed by atoms with Crippen LogP contribution in [0, 0.1) is 0 Å². The molecule has 0 amide bonds. The van der Waals surface area contributed by atoms with Crippen molar-refractivity contribution in [1.82, 2.24) is 4.98 Å². The first-order valence-electron chi connectivity index (χ1n) is 6.70. The van der Waals surface area contributed by atoms with Gasteiger partial charge in [-0.25, -0.2) is 0 Å². The van der Waals surface area contributed by atoms with Crippen molar-refractivity contribution in [1.29, 1.82) is 0 Å². The summed E-state index contributed by atoms with van der Waals surface area (Å²) in [6.07, 6.45) is 1.66. The molecule has 1 atom stereocenters. The second kappa shape index (κ2) is 6.95. The number of para-hydroxylation sites is 1. The Bertz CT molecular complexity index is 600. The molecular weight excluding hydrogens is 268 g/mol. The minimum atomic E-state index is -0.0960. The highest BCUT2D eigenvalue weighted by molar-refractivity contribution is 5.43. The molecule has 1 heterocycles. The van der Waals surface area contributed by atoms with Crippen LogP contribution in [0.1, 0.15) is 24.2 Å². The van der Waals surface area contributed by atoms with Crippen molar-refractivity contribution in [3.05, 3.63) is 47.8 Å². The largest absolute Gasteiger partial charge is 0.493 e. The molecule has 0 aliphatic rings. The summed E-state index contributed by atoms with van der Waals surface area (Å²) in [6.45, 7) is 2.21. The molecular formula is C16H20N2O3. The Balaban J connectivity index is 2.21. The molecule has 0 aliphatic carbocycles. The lowest BCUT2D eigenvalue weighted by molar-refractivity contribution is 0.281. The average molecular weight is 288 g/mol. The van der Waals surface area contributed by atoms with E-state index in [1.54, 1.807) is 26.5 Å². The molecule has 2 rings (SSSR count). The van der Waals surface area contributed by atoms with Crippen molar-refractivity contribution in [3.63, 3.8) is 0 Å². The standard InChI is InChI=1S/C16H20N2O3/c1-11(17)12-6-4-5-7-14(12)21-10-13-16(20-3)15(19-2)8-9-18-13/h4-9,11H,10,17H2,1-3H3. The average Bonchev–Trinajstić information content (AvgIpc) is 2.52. The maximum absolute atomic E-state index is 5.94. The third-order valence-electron chi connectivity index (χ3n) is 3.14. The molecule has 0 saturated heterocycles. The molecule has 5 heteroatoms. The topological polar surface area (TPSA) is 66.6 Å². The zero-order valence-electron chi connectivity index (χ0n) is 12.5. The number of rotatable bonds is 6. The molecule has 0 saturated carbocycles. The number of nitrogens with zero attached hydrogens (tertiary/aromatic N) is 1. The van der Waals surface area contributed by atoms with Gasteiger partial charge >= 0.3 is 0 Å². The van der Waals surface area contributed by atoms with Gasteiger partial charge in [0.15, 0.2) is 11.5 Å². The van der Waals surface area contributed by atoms with Gasteiger partial charge < -0.3 is 19.9 Å². The van der Waals surface area contributed by atoms with E-state index in [-0.39, 0.29) is 12.6 Å². The van der Waals surface area contributed by atoms with Crippen molar-refractivity contribution in [2.75, 3.05) is 14.2 Å². The highest BCUT2D eigenvalue weighted by Crippen LogP contribution is 2.30. The number of hydrogen-bond acceptors (Lipinski definition) is 5. The maximum atomic E-state index is 5.94. The highest BCUT2D eigenvalue weighted by Gasteiger charge is 2.13. The van der Waals surface area contributed by atoms with Crippen LogP contribution >= 0.6 is 0 Å². The lowest BCUT2D eigenvalue weighted by Crippen LogP contribution is -2.09. The van der Waals surface area contributed by atoms with E-state index in [1.807, 2.05) is 31.2 Å². The van der Waals surface area contributed by atoms with Crippen LogP contribution < -0.4 is 19.9 Å². The van der Waals surface area contributed by atoms with Crippen LogP contribution in [0.4, 0.5) is 0 Å². The summed E-state index contributed by atoms with van der Waals surface area (Å²) in [4.78, 5) is 4.29. The Morgan fingerprint density at radius 1 is 1.10 bits per heavy atom. The molecule has 0 fully saturated rings. The normalized spacial score (nSPS) is 11.8. The lowest BCUT2D eigenvalue weighted by Gasteiger charge is -2.15. The van der Waals surface area contributed by atoms with Crippen molar-refractivity contribution in [2.24, 2.45) is 5.73 Å². The molecule has 21 heavy (non-hydrogen) atoms. The number of pyridine rings is 1. The molecule has 0 bridgehead atoms. The van der Waals surface area contributed by atoms with Crippen LogP contribution in [-0.4, -0.2) is 19.2 Å². The van der Waals surface area contributed by atoms with Crippen LogP contribution in [0.5, 0.6) is 17.2 Å². The van der Waals surface area contributed by atoms with E-state index >= 15 is 0 Å². The summed E-state index contributed by atoms with van der Waals surface area (Å²) < 4.78 is 16.4. The van der Waals surface area contributed by atoms with Gasteiger partial charge in [0, 0.05) is 23.9 Å². The third kappa shape index (κ3) is 3.44. The minimum Gasteiger partial charge on any atom is -0.493 e. The summed E-state index contributed by atoms with van der Waals surface area (Å²) >= 11 is 0. The van der Waals surface area contributed by atoms with E-state index in [0.29, 0.717) is 17.2 Å².